The SMILES string of the molecule is C[C@@H]1CCCN(CC2CCN(S(=O)(=O)c3ccc(F)cc3Cl)CC2)C1. The van der Waals surface area contributed by atoms with E-state index in [9.17, 15) is 12.8 Å². The monoisotopic (exact) mass is 388 g/mol. The molecule has 0 amide bonds. The Morgan fingerprint density at radius 2 is 1.92 bits per heavy atom. The molecule has 0 spiro atoms. The molecule has 2 heterocycles. The van der Waals surface area contributed by atoms with Crippen molar-refractivity contribution in [3.63, 3.8) is 0 Å². The topological polar surface area (TPSA) is 40.6 Å². The van der Waals surface area contributed by atoms with Crippen LogP contribution in [0.15, 0.2) is 23.1 Å². The maximum Gasteiger partial charge on any atom is 0.244 e. The second-order valence-corrected chi connectivity index (χ2v) is 9.74. The number of nitrogens with zero attached hydrogens (tertiary/aromatic N) is 2. The molecule has 0 radical (unpaired) electrons. The van der Waals surface area contributed by atoms with Gasteiger partial charge in [-0.1, -0.05) is 18.5 Å². The van der Waals surface area contributed by atoms with Gasteiger partial charge in [0.15, 0.2) is 0 Å². The molecule has 0 N–H and O–H groups in total. The van der Waals surface area contributed by atoms with Crippen LogP contribution in [0.4, 0.5) is 4.39 Å². The molecule has 2 aliphatic rings. The van der Waals surface area contributed by atoms with Crippen LogP contribution in [0.2, 0.25) is 5.02 Å². The summed E-state index contributed by atoms with van der Waals surface area (Å²) in [7, 11) is -3.65. The lowest BCUT2D eigenvalue weighted by Crippen LogP contribution is -2.43. The summed E-state index contributed by atoms with van der Waals surface area (Å²) in [5.41, 5.74) is 0. The summed E-state index contributed by atoms with van der Waals surface area (Å²) >= 11 is 5.95. The summed E-state index contributed by atoms with van der Waals surface area (Å²) in [4.78, 5) is 2.53. The van der Waals surface area contributed by atoms with Crippen molar-refractivity contribution in [1.29, 1.82) is 0 Å². The fourth-order valence-corrected chi connectivity index (χ4v) is 5.95. The van der Waals surface area contributed by atoms with Crippen LogP contribution < -0.4 is 0 Å². The predicted molar refractivity (Wildman–Crippen MR) is 97.7 cm³/mol. The molecule has 25 heavy (non-hydrogen) atoms. The Balaban J connectivity index is 1.59. The molecule has 1 atom stereocenters. The van der Waals surface area contributed by atoms with Crippen molar-refractivity contribution in [2.45, 2.75) is 37.5 Å². The maximum atomic E-state index is 13.2. The van der Waals surface area contributed by atoms with Crippen molar-refractivity contribution in [2.75, 3.05) is 32.7 Å². The van der Waals surface area contributed by atoms with Crippen molar-refractivity contribution in [3.05, 3.63) is 29.0 Å². The Bertz CT molecular complexity index is 705. The molecular formula is C18H26ClFN2O2S. The quantitative estimate of drug-likeness (QED) is 0.791. The molecule has 2 aliphatic heterocycles. The van der Waals surface area contributed by atoms with Crippen LogP contribution >= 0.6 is 11.6 Å². The lowest BCUT2D eigenvalue weighted by Gasteiger charge is -2.37. The number of sulfonamides is 1. The molecule has 0 saturated carbocycles. The van der Waals surface area contributed by atoms with Crippen LogP contribution in [-0.2, 0) is 10.0 Å². The summed E-state index contributed by atoms with van der Waals surface area (Å²) in [6, 6.07) is 3.45. The zero-order valence-corrected chi connectivity index (χ0v) is 16.2. The van der Waals surface area contributed by atoms with Crippen LogP contribution in [-0.4, -0.2) is 50.3 Å². The van der Waals surface area contributed by atoms with E-state index in [0.29, 0.717) is 19.0 Å². The minimum absolute atomic E-state index is 0.00104. The number of hydrogen-bond donors (Lipinski definition) is 0. The van der Waals surface area contributed by atoms with Crippen molar-refractivity contribution in [2.24, 2.45) is 11.8 Å². The van der Waals surface area contributed by atoms with Gasteiger partial charge in [-0.25, -0.2) is 12.8 Å². The van der Waals surface area contributed by atoms with Gasteiger partial charge in [0, 0.05) is 26.2 Å². The van der Waals surface area contributed by atoms with E-state index in [4.69, 9.17) is 11.6 Å². The molecule has 2 fully saturated rings. The van der Waals surface area contributed by atoms with Gasteiger partial charge in [-0.2, -0.15) is 4.31 Å². The van der Waals surface area contributed by atoms with Crippen molar-refractivity contribution in [3.8, 4) is 0 Å². The minimum Gasteiger partial charge on any atom is -0.303 e. The summed E-state index contributed by atoms with van der Waals surface area (Å²) in [6.07, 6.45) is 4.30. The first-order valence-electron chi connectivity index (χ1n) is 9.04. The van der Waals surface area contributed by atoms with Crippen molar-refractivity contribution in [1.82, 2.24) is 9.21 Å². The first-order chi connectivity index (χ1) is 11.9. The van der Waals surface area contributed by atoms with E-state index in [-0.39, 0.29) is 9.92 Å². The number of benzene rings is 1. The molecule has 3 rings (SSSR count). The fourth-order valence-electron chi connectivity index (χ4n) is 3.97. The molecule has 0 aliphatic carbocycles. The van der Waals surface area contributed by atoms with Gasteiger partial charge >= 0.3 is 0 Å². The van der Waals surface area contributed by atoms with E-state index in [1.165, 1.54) is 23.2 Å². The maximum absolute atomic E-state index is 13.2. The molecule has 0 bridgehead atoms. The first-order valence-corrected chi connectivity index (χ1v) is 10.9. The number of hydrogen-bond acceptors (Lipinski definition) is 3. The summed E-state index contributed by atoms with van der Waals surface area (Å²) < 4.78 is 40.2. The van der Waals surface area contributed by atoms with Crippen molar-refractivity contribution >= 4 is 21.6 Å². The molecular weight excluding hydrogens is 363 g/mol. The fraction of sp³-hybridized carbons (Fsp3) is 0.667. The second-order valence-electron chi connectivity index (χ2n) is 7.43. The molecule has 0 aromatic heterocycles. The zero-order valence-electron chi connectivity index (χ0n) is 14.6. The highest BCUT2D eigenvalue weighted by molar-refractivity contribution is 7.89. The summed E-state index contributed by atoms with van der Waals surface area (Å²) in [6.45, 7) is 6.69. The van der Waals surface area contributed by atoms with Gasteiger partial charge in [0.05, 0.1) is 5.02 Å². The molecule has 1 aromatic carbocycles. The lowest BCUT2D eigenvalue weighted by atomic mass is 9.94. The molecule has 0 unspecified atom stereocenters. The van der Waals surface area contributed by atoms with Crippen LogP contribution in [0.5, 0.6) is 0 Å². The largest absolute Gasteiger partial charge is 0.303 e. The number of rotatable bonds is 4. The van der Waals surface area contributed by atoms with Crippen molar-refractivity contribution < 1.29 is 12.8 Å². The molecule has 1 aromatic rings. The average molecular weight is 389 g/mol. The summed E-state index contributed by atoms with van der Waals surface area (Å²) in [5, 5.41) is -0.0515. The molecule has 7 heteroatoms. The van der Waals surface area contributed by atoms with Gasteiger partial charge in [-0.15, -0.1) is 0 Å². The lowest BCUT2D eigenvalue weighted by molar-refractivity contribution is 0.136. The Hall–Kier alpha value is -0.690. The highest BCUT2D eigenvalue weighted by Gasteiger charge is 2.32. The third kappa shape index (κ3) is 4.54. The van der Waals surface area contributed by atoms with Crippen LogP contribution in [0.1, 0.15) is 32.6 Å². The number of likely N-dealkylation sites (tertiary alicyclic amines) is 1. The van der Waals surface area contributed by atoms with E-state index >= 15 is 0 Å². The van der Waals surface area contributed by atoms with E-state index in [0.717, 1.165) is 50.5 Å². The van der Waals surface area contributed by atoms with Crippen LogP contribution in [0.25, 0.3) is 0 Å². The molecule has 140 valence electrons. The van der Waals surface area contributed by atoms with Gasteiger partial charge in [0.2, 0.25) is 10.0 Å². The standard InChI is InChI=1S/C18H26ClFN2O2S/c1-14-3-2-8-21(12-14)13-15-6-9-22(10-7-15)25(23,24)18-5-4-16(20)11-17(18)19/h4-5,11,14-15H,2-3,6-10,12-13H2,1H3/t14-/m1/s1. The van der Waals surface area contributed by atoms with Gasteiger partial charge in [0.25, 0.3) is 0 Å². The van der Waals surface area contributed by atoms with Gasteiger partial charge in [-0.3, -0.25) is 0 Å². The minimum atomic E-state index is -3.65. The summed E-state index contributed by atoms with van der Waals surface area (Å²) in [5.74, 6) is 0.772. The van der Waals surface area contributed by atoms with E-state index in [1.807, 2.05) is 0 Å². The smallest absolute Gasteiger partial charge is 0.244 e. The Morgan fingerprint density at radius 1 is 1.20 bits per heavy atom. The van der Waals surface area contributed by atoms with Gasteiger partial charge < -0.3 is 4.90 Å². The average Bonchev–Trinajstić information content (AvgIpc) is 2.55. The third-order valence-electron chi connectivity index (χ3n) is 5.34. The molecule has 2 saturated heterocycles. The Kier molecular flexibility index (Phi) is 6.03. The second kappa shape index (κ2) is 7.91. The van der Waals surface area contributed by atoms with E-state index in [1.54, 1.807) is 0 Å². The first kappa shape index (κ1) is 19.1. The highest BCUT2D eigenvalue weighted by Crippen LogP contribution is 2.29. The number of halogens is 2. The Labute approximate surface area is 155 Å². The van der Waals surface area contributed by atoms with Crippen LogP contribution in [0.3, 0.4) is 0 Å². The number of piperidine rings is 2. The third-order valence-corrected chi connectivity index (χ3v) is 7.72. The van der Waals surface area contributed by atoms with Gasteiger partial charge in [0.1, 0.15) is 10.7 Å². The van der Waals surface area contributed by atoms with Crippen LogP contribution in [0, 0.1) is 17.7 Å². The predicted octanol–water partition coefficient (Wildman–Crippen LogP) is 3.61. The van der Waals surface area contributed by atoms with Gasteiger partial charge in [-0.05, 0) is 62.3 Å². The van der Waals surface area contributed by atoms with E-state index in [2.05, 4.69) is 11.8 Å². The van der Waals surface area contributed by atoms with E-state index < -0.39 is 15.8 Å². The highest BCUT2D eigenvalue weighted by atomic mass is 35.5. The zero-order chi connectivity index (χ0) is 18.0. The Morgan fingerprint density at radius 3 is 2.56 bits per heavy atom. The normalized spacial score (nSPS) is 24.5. The molecule has 4 nitrogen and oxygen atoms in total.